The number of H-pyrrole nitrogens is 1. The van der Waals surface area contributed by atoms with Gasteiger partial charge in [-0.2, -0.15) is 18.3 Å². The van der Waals surface area contributed by atoms with Crippen molar-refractivity contribution < 1.29 is 13.2 Å². The zero-order valence-electron chi connectivity index (χ0n) is 10.1. The van der Waals surface area contributed by atoms with Gasteiger partial charge in [-0.15, -0.1) is 0 Å². The second-order valence-electron chi connectivity index (χ2n) is 3.93. The van der Waals surface area contributed by atoms with Gasteiger partial charge < -0.3 is 10.7 Å². The molecule has 5 N–H and O–H groups in total. The van der Waals surface area contributed by atoms with E-state index in [9.17, 15) is 13.2 Å². The van der Waals surface area contributed by atoms with Crippen molar-refractivity contribution in [2.24, 2.45) is 5.84 Å². The van der Waals surface area contributed by atoms with Crippen LogP contribution in [0.4, 0.5) is 24.7 Å². The number of hydrogen-bond acceptors (Lipinski definition) is 4. The van der Waals surface area contributed by atoms with Crippen LogP contribution in [-0.2, 0) is 12.7 Å². The average molecular weight is 350 g/mol. The van der Waals surface area contributed by atoms with Gasteiger partial charge in [0.05, 0.1) is 5.69 Å². The third kappa shape index (κ3) is 3.23. The Balaban J connectivity index is 2.11. The second kappa shape index (κ2) is 5.71. The number of benzene rings is 1. The highest BCUT2D eigenvalue weighted by atomic mass is 79.9. The Morgan fingerprint density at radius 1 is 1.35 bits per heavy atom. The first-order valence-corrected chi connectivity index (χ1v) is 6.31. The quantitative estimate of drug-likeness (QED) is 0.505. The minimum atomic E-state index is -4.44. The summed E-state index contributed by atoms with van der Waals surface area (Å²) in [6, 6.07) is 6.27. The topological polar surface area (TPSA) is 78.8 Å². The predicted octanol–water partition coefficient (Wildman–Crippen LogP) is 3.09. The molecule has 0 aliphatic carbocycles. The molecule has 0 aliphatic heterocycles. The van der Waals surface area contributed by atoms with Crippen molar-refractivity contribution in [1.82, 2.24) is 10.2 Å². The van der Waals surface area contributed by atoms with Gasteiger partial charge in [0.2, 0.25) is 0 Å². The van der Waals surface area contributed by atoms with Gasteiger partial charge in [0.1, 0.15) is 11.5 Å². The standard InChI is InChI=1S/C11H11BrF3N5/c12-7-2-1-3-8(18-16)6(7)5-17-10-4-9(19-20-10)11(13,14)15/h1-4,18H,5,16H2,(H2,17,19,20). The molecule has 2 aromatic rings. The van der Waals surface area contributed by atoms with Crippen LogP contribution < -0.4 is 16.6 Å². The van der Waals surface area contributed by atoms with Gasteiger partial charge in [-0.05, 0) is 12.1 Å². The number of hydrazine groups is 1. The van der Waals surface area contributed by atoms with E-state index in [1.54, 1.807) is 12.1 Å². The van der Waals surface area contributed by atoms with Crippen LogP contribution in [0.5, 0.6) is 0 Å². The molecule has 108 valence electrons. The number of aromatic amines is 1. The summed E-state index contributed by atoms with van der Waals surface area (Å²) in [6.07, 6.45) is -4.44. The van der Waals surface area contributed by atoms with Crippen LogP contribution in [0.15, 0.2) is 28.7 Å². The van der Waals surface area contributed by atoms with E-state index >= 15 is 0 Å². The average Bonchev–Trinajstić information content (AvgIpc) is 2.85. The van der Waals surface area contributed by atoms with Crippen LogP contribution in [0.1, 0.15) is 11.3 Å². The highest BCUT2D eigenvalue weighted by molar-refractivity contribution is 9.10. The zero-order valence-corrected chi connectivity index (χ0v) is 11.6. The van der Waals surface area contributed by atoms with Gasteiger partial charge in [0.15, 0.2) is 0 Å². The Morgan fingerprint density at radius 3 is 2.70 bits per heavy atom. The Bertz CT molecular complexity index is 596. The third-order valence-corrected chi connectivity index (χ3v) is 3.35. The second-order valence-corrected chi connectivity index (χ2v) is 4.78. The lowest BCUT2D eigenvalue weighted by atomic mass is 10.2. The summed E-state index contributed by atoms with van der Waals surface area (Å²) in [5.74, 6) is 5.49. The molecule has 0 radical (unpaired) electrons. The molecule has 0 unspecified atom stereocenters. The van der Waals surface area contributed by atoms with E-state index < -0.39 is 11.9 Å². The first-order chi connectivity index (χ1) is 9.41. The van der Waals surface area contributed by atoms with Crippen molar-refractivity contribution in [2.75, 3.05) is 10.7 Å². The summed E-state index contributed by atoms with van der Waals surface area (Å²) >= 11 is 3.35. The van der Waals surface area contributed by atoms with Gasteiger partial charge in [-0.1, -0.05) is 22.0 Å². The van der Waals surface area contributed by atoms with Crippen molar-refractivity contribution >= 4 is 27.4 Å². The van der Waals surface area contributed by atoms with Gasteiger partial charge in [0, 0.05) is 22.6 Å². The van der Waals surface area contributed by atoms with Crippen molar-refractivity contribution in [3.63, 3.8) is 0 Å². The summed E-state index contributed by atoms with van der Waals surface area (Å²) in [4.78, 5) is 0. The fourth-order valence-electron chi connectivity index (χ4n) is 1.61. The summed E-state index contributed by atoms with van der Waals surface area (Å²) in [6.45, 7) is 0.267. The number of nitrogens with zero attached hydrogens (tertiary/aromatic N) is 1. The third-order valence-electron chi connectivity index (χ3n) is 2.60. The molecule has 0 saturated heterocycles. The predicted molar refractivity (Wildman–Crippen MR) is 72.9 cm³/mol. The van der Waals surface area contributed by atoms with E-state index in [-0.39, 0.29) is 12.4 Å². The number of halogens is 4. The Labute approximate surface area is 120 Å². The van der Waals surface area contributed by atoms with Crippen molar-refractivity contribution in [1.29, 1.82) is 0 Å². The van der Waals surface area contributed by atoms with Crippen LogP contribution in [-0.4, -0.2) is 10.2 Å². The van der Waals surface area contributed by atoms with Gasteiger partial charge in [-0.25, -0.2) is 0 Å². The van der Waals surface area contributed by atoms with Crippen molar-refractivity contribution in [3.8, 4) is 0 Å². The smallest absolute Gasteiger partial charge is 0.364 e. The molecule has 1 aromatic heterocycles. The maximum atomic E-state index is 12.4. The lowest BCUT2D eigenvalue weighted by Gasteiger charge is -2.11. The number of nitrogens with one attached hydrogen (secondary N) is 3. The number of hydrogen-bond donors (Lipinski definition) is 4. The lowest BCUT2D eigenvalue weighted by Crippen LogP contribution is -2.11. The molecule has 0 saturated carbocycles. The van der Waals surface area contributed by atoms with Crippen LogP contribution in [0.2, 0.25) is 0 Å². The zero-order chi connectivity index (χ0) is 14.8. The monoisotopic (exact) mass is 349 g/mol. The molecular weight excluding hydrogens is 339 g/mol. The maximum Gasteiger partial charge on any atom is 0.432 e. The van der Waals surface area contributed by atoms with E-state index in [1.807, 2.05) is 11.2 Å². The number of nitrogen functional groups attached to an aromatic ring is 1. The fourth-order valence-corrected chi connectivity index (χ4v) is 2.12. The number of alkyl halides is 3. The molecule has 0 atom stereocenters. The van der Waals surface area contributed by atoms with Gasteiger partial charge >= 0.3 is 6.18 Å². The molecule has 1 heterocycles. The minimum Gasteiger partial charge on any atom is -0.364 e. The normalized spacial score (nSPS) is 11.4. The van der Waals surface area contributed by atoms with Gasteiger partial charge in [0.25, 0.3) is 0 Å². The summed E-state index contributed by atoms with van der Waals surface area (Å²) in [5.41, 5.74) is 3.07. The molecule has 1 aromatic carbocycles. The molecule has 0 spiro atoms. The molecular formula is C11H11BrF3N5. The molecule has 0 aliphatic rings. The minimum absolute atomic E-state index is 0.107. The Morgan fingerprint density at radius 2 is 2.10 bits per heavy atom. The van der Waals surface area contributed by atoms with E-state index in [0.717, 1.165) is 16.1 Å². The number of rotatable bonds is 4. The molecule has 20 heavy (non-hydrogen) atoms. The van der Waals surface area contributed by atoms with Crippen LogP contribution in [0, 0.1) is 0 Å². The molecule has 5 nitrogen and oxygen atoms in total. The molecule has 9 heteroatoms. The number of aromatic nitrogens is 2. The largest absolute Gasteiger partial charge is 0.432 e. The van der Waals surface area contributed by atoms with Crippen molar-refractivity contribution in [3.05, 3.63) is 40.0 Å². The number of nitrogens with two attached hydrogens (primary N) is 1. The van der Waals surface area contributed by atoms with Crippen molar-refractivity contribution in [2.45, 2.75) is 12.7 Å². The first-order valence-electron chi connectivity index (χ1n) is 5.52. The SMILES string of the molecule is NNc1cccc(Br)c1CNc1cc(C(F)(F)F)[nH]n1. The summed E-state index contributed by atoms with van der Waals surface area (Å²) in [5, 5.41) is 8.30. The van der Waals surface area contributed by atoms with Crippen LogP contribution >= 0.6 is 15.9 Å². The number of anilines is 2. The Kier molecular flexibility index (Phi) is 4.19. The van der Waals surface area contributed by atoms with E-state index in [0.29, 0.717) is 5.69 Å². The van der Waals surface area contributed by atoms with Gasteiger partial charge in [-0.3, -0.25) is 10.9 Å². The first kappa shape index (κ1) is 14.7. The molecule has 0 bridgehead atoms. The van der Waals surface area contributed by atoms with Crippen LogP contribution in [0.25, 0.3) is 0 Å². The molecule has 2 rings (SSSR count). The lowest BCUT2D eigenvalue weighted by molar-refractivity contribution is -0.141. The van der Waals surface area contributed by atoms with Crippen LogP contribution in [0.3, 0.4) is 0 Å². The molecule has 0 amide bonds. The highest BCUT2D eigenvalue weighted by Crippen LogP contribution is 2.29. The maximum absolute atomic E-state index is 12.4. The van der Waals surface area contributed by atoms with E-state index in [2.05, 4.69) is 31.8 Å². The van der Waals surface area contributed by atoms with E-state index in [4.69, 9.17) is 5.84 Å². The van der Waals surface area contributed by atoms with E-state index in [1.165, 1.54) is 0 Å². The Hall–Kier alpha value is -1.74. The molecule has 0 fully saturated rings. The summed E-state index contributed by atoms with van der Waals surface area (Å²) < 4.78 is 38.0. The fraction of sp³-hybridized carbons (Fsp3) is 0.182. The summed E-state index contributed by atoms with van der Waals surface area (Å²) in [7, 11) is 0. The highest BCUT2D eigenvalue weighted by Gasteiger charge is 2.33.